The minimum Gasteiger partial charge on any atom is -0.381 e. The molecule has 1 fully saturated rings. The van der Waals surface area contributed by atoms with Crippen LogP contribution >= 0.6 is 0 Å². The fraction of sp³-hybridized carbons (Fsp3) is 1.00. The number of hydrogen-bond acceptors (Lipinski definition) is 4. The summed E-state index contributed by atoms with van der Waals surface area (Å²) in [6, 6.07) is -0.0970. The third-order valence-corrected chi connectivity index (χ3v) is 4.78. The largest absolute Gasteiger partial charge is 0.381 e. The van der Waals surface area contributed by atoms with Crippen LogP contribution in [-0.2, 0) is 14.8 Å². The van der Waals surface area contributed by atoms with Crippen molar-refractivity contribution in [1.29, 1.82) is 0 Å². The molecule has 0 amide bonds. The Morgan fingerprint density at radius 1 is 1.38 bits per heavy atom. The van der Waals surface area contributed by atoms with Gasteiger partial charge in [-0.15, -0.1) is 0 Å². The second-order valence-corrected chi connectivity index (χ2v) is 6.58. The van der Waals surface area contributed by atoms with Crippen molar-refractivity contribution < 1.29 is 13.2 Å². The van der Waals surface area contributed by atoms with Gasteiger partial charge >= 0.3 is 0 Å². The number of sulfonamides is 1. The van der Waals surface area contributed by atoms with Gasteiger partial charge in [0.2, 0.25) is 10.0 Å². The maximum Gasteiger partial charge on any atom is 0.214 e. The lowest BCUT2D eigenvalue weighted by molar-refractivity contribution is 0.0980. The van der Waals surface area contributed by atoms with E-state index in [1.165, 1.54) is 0 Å². The molecule has 1 rings (SSSR count). The molecule has 0 radical (unpaired) electrons. The number of rotatable bonds is 5. The van der Waals surface area contributed by atoms with Gasteiger partial charge in [0.1, 0.15) is 0 Å². The molecule has 16 heavy (non-hydrogen) atoms. The maximum absolute atomic E-state index is 12.0. The highest BCUT2D eigenvalue weighted by Gasteiger charge is 2.28. The summed E-state index contributed by atoms with van der Waals surface area (Å²) in [7, 11) is -3.21. The van der Waals surface area contributed by atoms with Crippen molar-refractivity contribution in [3.63, 3.8) is 0 Å². The van der Waals surface area contributed by atoms with Crippen LogP contribution in [0.25, 0.3) is 0 Å². The van der Waals surface area contributed by atoms with Gasteiger partial charge in [0.25, 0.3) is 0 Å². The van der Waals surface area contributed by atoms with Gasteiger partial charge < -0.3 is 10.5 Å². The van der Waals surface area contributed by atoms with Crippen LogP contribution in [0.4, 0.5) is 0 Å². The summed E-state index contributed by atoms with van der Waals surface area (Å²) in [6.45, 7) is 4.79. The Labute approximate surface area is 97.8 Å². The van der Waals surface area contributed by atoms with E-state index in [-0.39, 0.29) is 17.3 Å². The van der Waals surface area contributed by atoms with Gasteiger partial charge in [0.15, 0.2) is 0 Å². The highest BCUT2D eigenvalue weighted by Crippen LogP contribution is 2.15. The summed E-state index contributed by atoms with van der Waals surface area (Å²) in [5.41, 5.74) is 5.64. The molecule has 1 aliphatic heterocycles. The second kappa shape index (κ2) is 5.95. The highest BCUT2D eigenvalue weighted by atomic mass is 32.2. The van der Waals surface area contributed by atoms with Crippen molar-refractivity contribution >= 4 is 10.0 Å². The van der Waals surface area contributed by atoms with Gasteiger partial charge in [0, 0.05) is 25.3 Å². The van der Waals surface area contributed by atoms with Crippen LogP contribution < -0.4 is 10.5 Å². The van der Waals surface area contributed by atoms with Crippen LogP contribution in [0, 0.1) is 0 Å². The average Bonchev–Trinajstić information content (AvgIpc) is 2.16. The molecule has 3 N–H and O–H groups in total. The molecule has 0 aromatic carbocycles. The van der Waals surface area contributed by atoms with Crippen LogP contribution in [0.2, 0.25) is 0 Å². The maximum atomic E-state index is 12.0. The molecule has 1 aliphatic rings. The minimum atomic E-state index is -3.21. The lowest BCUT2D eigenvalue weighted by atomic mass is 10.1. The first-order valence-electron chi connectivity index (χ1n) is 5.76. The van der Waals surface area contributed by atoms with E-state index in [9.17, 15) is 8.42 Å². The van der Waals surface area contributed by atoms with Gasteiger partial charge in [-0.1, -0.05) is 0 Å². The molecule has 0 saturated carbocycles. The van der Waals surface area contributed by atoms with Crippen molar-refractivity contribution in [2.75, 3.05) is 13.2 Å². The molecule has 6 heteroatoms. The van der Waals surface area contributed by atoms with Crippen LogP contribution in [0.3, 0.4) is 0 Å². The standard InChI is InChI=1S/C10H22N2O3S/c1-8(11)7-9(2)12-16(13,14)10-3-5-15-6-4-10/h8-10,12H,3-7,11H2,1-2H3. The summed E-state index contributed by atoms with van der Waals surface area (Å²) in [6.07, 6.45) is 1.82. The van der Waals surface area contributed by atoms with Crippen LogP contribution in [0.5, 0.6) is 0 Å². The van der Waals surface area contributed by atoms with Gasteiger partial charge in [0.05, 0.1) is 5.25 Å². The van der Waals surface area contributed by atoms with Crippen molar-refractivity contribution in [2.45, 2.75) is 50.4 Å². The molecule has 1 saturated heterocycles. The van der Waals surface area contributed by atoms with E-state index in [0.717, 1.165) is 0 Å². The molecule has 0 aliphatic carbocycles. The highest BCUT2D eigenvalue weighted by molar-refractivity contribution is 7.90. The zero-order valence-electron chi connectivity index (χ0n) is 9.98. The predicted octanol–water partition coefficient (Wildman–Crippen LogP) is 0.211. The van der Waals surface area contributed by atoms with Gasteiger partial charge in [-0.25, -0.2) is 13.1 Å². The molecular weight excluding hydrogens is 228 g/mol. The first-order chi connectivity index (χ1) is 7.42. The van der Waals surface area contributed by atoms with E-state index in [0.29, 0.717) is 32.5 Å². The van der Waals surface area contributed by atoms with Gasteiger partial charge in [-0.2, -0.15) is 0 Å². The topological polar surface area (TPSA) is 81.4 Å². The Hall–Kier alpha value is -0.170. The molecule has 5 nitrogen and oxygen atoms in total. The molecule has 0 spiro atoms. The van der Waals surface area contributed by atoms with Gasteiger partial charge in [-0.3, -0.25) is 0 Å². The summed E-state index contributed by atoms with van der Waals surface area (Å²) in [4.78, 5) is 0. The number of hydrogen-bond donors (Lipinski definition) is 2. The molecule has 0 aromatic rings. The molecule has 0 aromatic heterocycles. The Balaban J connectivity index is 2.49. The normalized spacial score (nSPS) is 22.9. The fourth-order valence-electron chi connectivity index (χ4n) is 1.97. The SMILES string of the molecule is CC(N)CC(C)NS(=O)(=O)C1CCOCC1. The average molecular weight is 250 g/mol. The van der Waals surface area contributed by atoms with E-state index in [1.54, 1.807) is 0 Å². The van der Waals surface area contributed by atoms with E-state index in [4.69, 9.17) is 10.5 Å². The molecule has 96 valence electrons. The van der Waals surface area contributed by atoms with Crippen LogP contribution in [0.15, 0.2) is 0 Å². The first-order valence-corrected chi connectivity index (χ1v) is 7.31. The monoisotopic (exact) mass is 250 g/mol. The fourth-order valence-corrected chi connectivity index (χ4v) is 3.63. The summed E-state index contributed by atoms with van der Waals surface area (Å²) in [5, 5.41) is -0.309. The van der Waals surface area contributed by atoms with Gasteiger partial charge in [-0.05, 0) is 33.1 Å². The van der Waals surface area contributed by atoms with Crippen LogP contribution in [0.1, 0.15) is 33.1 Å². The lowest BCUT2D eigenvalue weighted by Crippen LogP contribution is -2.43. The van der Waals surface area contributed by atoms with E-state index >= 15 is 0 Å². The predicted molar refractivity (Wildman–Crippen MR) is 63.6 cm³/mol. The molecule has 2 unspecified atom stereocenters. The third kappa shape index (κ3) is 4.37. The van der Waals surface area contributed by atoms with E-state index in [1.807, 2.05) is 13.8 Å². The van der Waals surface area contributed by atoms with E-state index < -0.39 is 10.0 Å². The Kier molecular flexibility index (Phi) is 5.17. The number of nitrogens with one attached hydrogen (secondary N) is 1. The third-order valence-electron chi connectivity index (χ3n) is 2.70. The zero-order valence-corrected chi connectivity index (χ0v) is 10.8. The number of ether oxygens (including phenoxy) is 1. The lowest BCUT2D eigenvalue weighted by Gasteiger charge is -2.25. The Morgan fingerprint density at radius 2 is 1.94 bits per heavy atom. The Morgan fingerprint density at radius 3 is 2.44 bits per heavy atom. The summed E-state index contributed by atoms with van der Waals surface area (Å²) >= 11 is 0. The zero-order chi connectivity index (χ0) is 12.2. The van der Waals surface area contributed by atoms with Crippen molar-refractivity contribution in [2.24, 2.45) is 5.73 Å². The second-order valence-electron chi connectivity index (χ2n) is 4.59. The minimum absolute atomic E-state index is 0.00684. The summed E-state index contributed by atoms with van der Waals surface area (Å²) in [5.74, 6) is 0. The smallest absolute Gasteiger partial charge is 0.214 e. The first kappa shape index (κ1) is 13.9. The Bertz CT molecular complexity index is 297. The molecular formula is C10H22N2O3S. The molecule has 1 heterocycles. The van der Waals surface area contributed by atoms with E-state index in [2.05, 4.69) is 4.72 Å². The molecule has 2 atom stereocenters. The number of nitrogens with two attached hydrogens (primary N) is 1. The van der Waals surface area contributed by atoms with Crippen molar-refractivity contribution in [3.8, 4) is 0 Å². The van der Waals surface area contributed by atoms with Crippen LogP contribution in [-0.4, -0.2) is 39.0 Å². The summed E-state index contributed by atoms with van der Waals surface area (Å²) < 4.78 is 31.8. The molecule has 0 bridgehead atoms. The van der Waals surface area contributed by atoms with Crippen molar-refractivity contribution in [1.82, 2.24) is 4.72 Å². The quantitative estimate of drug-likeness (QED) is 0.731. The van der Waals surface area contributed by atoms with Crippen molar-refractivity contribution in [3.05, 3.63) is 0 Å².